The highest BCUT2D eigenvalue weighted by Crippen LogP contribution is 2.23. The van der Waals surface area contributed by atoms with E-state index in [0.717, 1.165) is 16.9 Å². The van der Waals surface area contributed by atoms with Crippen LogP contribution in [0.4, 0.5) is 0 Å². The van der Waals surface area contributed by atoms with Gasteiger partial charge in [0.1, 0.15) is 5.75 Å². The highest BCUT2D eigenvalue weighted by Gasteiger charge is 2.06. The Balaban J connectivity index is 2.99. The zero-order valence-corrected chi connectivity index (χ0v) is 8.37. The smallest absolute Gasteiger partial charge is 0.122 e. The molecule has 1 aromatic rings. The minimum Gasteiger partial charge on any atom is -0.496 e. The second-order valence-corrected chi connectivity index (χ2v) is 3.31. The molecule has 0 saturated heterocycles. The van der Waals surface area contributed by atoms with E-state index in [4.69, 9.17) is 9.84 Å². The standard InChI is InChI=1S/C11H16O2/c1-8-4-5-10(9(2)7-12)6-11(8)13-3/h4-6,9,12H,7H2,1-3H3. The summed E-state index contributed by atoms with van der Waals surface area (Å²) in [4.78, 5) is 0. The van der Waals surface area contributed by atoms with Crippen molar-refractivity contribution < 1.29 is 9.84 Å². The molecule has 72 valence electrons. The van der Waals surface area contributed by atoms with Gasteiger partial charge in [-0.3, -0.25) is 0 Å². The first-order chi connectivity index (χ1) is 6.19. The predicted molar refractivity (Wildman–Crippen MR) is 53.2 cm³/mol. The van der Waals surface area contributed by atoms with Crippen molar-refractivity contribution in [2.24, 2.45) is 0 Å². The number of methoxy groups -OCH3 is 1. The van der Waals surface area contributed by atoms with Crippen molar-refractivity contribution in [3.63, 3.8) is 0 Å². The lowest BCUT2D eigenvalue weighted by molar-refractivity contribution is 0.273. The maximum atomic E-state index is 8.98. The molecule has 2 nitrogen and oxygen atoms in total. The van der Waals surface area contributed by atoms with Gasteiger partial charge in [0.2, 0.25) is 0 Å². The van der Waals surface area contributed by atoms with Crippen molar-refractivity contribution in [3.8, 4) is 5.75 Å². The summed E-state index contributed by atoms with van der Waals surface area (Å²) < 4.78 is 5.20. The summed E-state index contributed by atoms with van der Waals surface area (Å²) in [5, 5.41) is 8.98. The average Bonchev–Trinajstić information content (AvgIpc) is 2.17. The van der Waals surface area contributed by atoms with E-state index in [2.05, 4.69) is 0 Å². The van der Waals surface area contributed by atoms with E-state index in [-0.39, 0.29) is 12.5 Å². The van der Waals surface area contributed by atoms with Crippen LogP contribution in [-0.4, -0.2) is 18.8 Å². The van der Waals surface area contributed by atoms with Crippen LogP contribution in [0.25, 0.3) is 0 Å². The van der Waals surface area contributed by atoms with E-state index in [0.29, 0.717) is 0 Å². The van der Waals surface area contributed by atoms with Crippen LogP contribution in [0.5, 0.6) is 5.75 Å². The fourth-order valence-corrected chi connectivity index (χ4v) is 1.25. The molecule has 1 N–H and O–H groups in total. The third-order valence-electron chi connectivity index (χ3n) is 2.28. The van der Waals surface area contributed by atoms with E-state index in [1.165, 1.54) is 0 Å². The Morgan fingerprint density at radius 1 is 1.46 bits per heavy atom. The number of aliphatic hydroxyl groups excluding tert-OH is 1. The van der Waals surface area contributed by atoms with E-state index in [9.17, 15) is 0 Å². The Labute approximate surface area is 79.2 Å². The number of aliphatic hydroxyl groups is 1. The highest BCUT2D eigenvalue weighted by atomic mass is 16.5. The first-order valence-corrected chi connectivity index (χ1v) is 4.44. The Morgan fingerprint density at radius 2 is 2.15 bits per heavy atom. The third-order valence-corrected chi connectivity index (χ3v) is 2.28. The molecule has 0 fully saturated rings. The summed E-state index contributed by atoms with van der Waals surface area (Å²) >= 11 is 0. The fraction of sp³-hybridized carbons (Fsp3) is 0.455. The Hall–Kier alpha value is -1.02. The van der Waals surface area contributed by atoms with Gasteiger partial charge in [0, 0.05) is 12.5 Å². The van der Waals surface area contributed by atoms with Crippen LogP contribution in [0.2, 0.25) is 0 Å². The summed E-state index contributed by atoms with van der Waals surface area (Å²) in [6, 6.07) is 6.02. The number of hydrogen-bond acceptors (Lipinski definition) is 2. The van der Waals surface area contributed by atoms with Gasteiger partial charge in [0.05, 0.1) is 7.11 Å². The lowest BCUT2D eigenvalue weighted by atomic mass is 10.0. The molecule has 0 aliphatic rings. The van der Waals surface area contributed by atoms with Gasteiger partial charge in [-0.25, -0.2) is 0 Å². The molecule has 0 aromatic heterocycles. The van der Waals surface area contributed by atoms with Crippen LogP contribution in [0.3, 0.4) is 0 Å². The lowest BCUT2D eigenvalue weighted by Gasteiger charge is -2.11. The number of hydrogen-bond donors (Lipinski definition) is 1. The van der Waals surface area contributed by atoms with Gasteiger partial charge in [0.15, 0.2) is 0 Å². The van der Waals surface area contributed by atoms with Gasteiger partial charge in [0.25, 0.3) is 0 Å². The van der Waals surface area contributed by atoms with E-state index in [1.807, 2.05) is 32.0 Å². The second kappa shape index (κ2) is 4.28. The molecular formula is C11H16O2. The molecule has 13 heavy (non-hydrogen) atoms. The number of rotatable bonds is 3. The quantitative estimate of drug-likeness (QED) is 0.771. The minimum atomic E-state index is 0.173. The van der Waals surface area contributed by atoms with Crippen LogP contribution < -0.4 is 4.74 Å². The Kier molecular flexibility index (Phi) is 3.32. The topological polar surface area (TPSA) is 29.5 Å². The van der Waals surface area contributed by atoms with Crippen LogP contribution in [0.15, 0.2) is 18.2 Å². The molecule has 0 bridgehead atoms. The summed E-state index contributed by atoms with van der Waals surface area (Å²) in [6.45, 7) is 4.17. The average molecular weight is 180 g/mol. The van der Waals surface area contributed by atoms with E-state index >= 15 is 0 Å². The maximum Gasteiger partial charge on any atom is 0.122 e. The lowest BCUT2D eigenvalue weighted by Crippen LogP contribution is -1.99. The van der Waals surface area contributed by atoms with Crippen LogP contribution >= 0.6 is 0 Å². The summed E-state index contributed by atoms with van der Waals surface area (Å²) in [5.41, 5.74) is 2.24. The molecule has 0 aliphatic heterocycles. The predicted octanol–water partition coefficient (Wildman–Crippen LogP) is 2.10. The van der Waals surface area contributed by atoms with Gasteiger partial charge in [-0.05, 0) is 24.1 Å². The molecule has 1 unspecified atom stereocenters. The van der Waals surface area contributed by atoms with Gasteiger partial charge >= 0.3 is 0 Å². The van der Waals surface area contributed by atoms with Crippen LogP contribution in [-0.2, 0) is 0 Å². The molecule has 0 spiro atoms. The first-order valence-electron chi connectivity index (χ1n) is 4.44. The number of benzene rings is 1. The molecule has 0 heterocycles. The van der Waals surface area contributed by atoms with Crippen LogP contribution in [0.1, 0.15) is 24.0 Å². The molecule has 0 saturated carbocycles. The van der Waals surface area contributed by atoms with Crippen LogP contribution in [0, 0.1) is 6.92 Å². The summed E-state index contributed by atoms with van der Waals surface area (Å²) in [6.07, 6.45) is 0. The molecule has 1 rings (SSSR count). The van der Waals surface area contributed by atoms with Gasteiger partial charge < -0.3 is 9.84 Å². The SMILES string of the molecule is COc1cc(C(C)CO)ccc1C. The van der Waals surface area contributed by atoms with E-state index < -0.39 is 0 Å². The van der Waals surface area contributed by atoms with Crippen molar-refractivity contribution >= 4 is 0 Å². The molecular weight excluding hydrogens is 164 g/mol. The molecule has 2 heteroatoms. The van der Waals surface area contributed by atoms with Gasteiger partial charge in [-0.15, -0.1) is 0 Å². The Morgan fingerprint density at radius 3 is 2.69 bits per heavy atom. The van der Waals surface area contributed by atoms with Crippen molar-refractivity contribution in [1.29, 1.82) is 0 Å². The van der Waals surface area contributed by atoms with Crippen molar-refractivity contribution in [2.75, 3.05) is 13.7 Å². The van der Waals surface area contributed by atoms with Crippen molar-refractivity contribution in [1.82, 2.24) is 0 Å². The normalized spacial score (nSPS) is 12.6. The zero-order valence-electron chi connectivity index (χ0n) is 8.37. The fourth-order valence-electron chi connectivity index (χ4n) is 1.25. The largest absolute Gasteiger partial charge is 0.496 e. The van der Waals surface area contributed by atoms with Gasteiger partial charge in [-0.2, -0.15) is 0 Å². The third kappa shape index (κ3) is 2.22. The molecule has 1 atom stereocenters. The number of ether oxygens (including phenoxy) is 1. The van der Waals surface area contributed by atoms with E-state index in [1.54, 1.807) is 7.11 Å². The summed E-state index contributed by atoms with van der Waals surface area (Å²) in [7, 11) is 1.66. The zero-order chi connectivity index (χ0) is 9.84. The molecule has 1 aromatic carbocycles. The summed E-state index contributed by atoms with van der Waals surface area (Å²) in [5.74, 6) is 1.06. The molecule has 0 aliphatic carbocycles. The van der Waals surface area contributed by atoms with Gasteiger partial charge in [-0.1, -0.05) is 19.1 Å². The Bertz CT molecular complexity index is 281. The first kappa shape index (κ1) is 10.1. The molecule has 0 amide bonds. The van der Waals surface area contributed by atoms with Crippen molar-refractivity contribution in [2.45, 2.75) is 19.8 Å². The highest BCUT2D eigenvalue weighted by molar-refractivity contribution is 5.37. The maximum absolute atomic E-state index is 8.98. The van der Waals surface area contributed by atoms with Crippen molar-refractivity contribution in [3.05, 3.63) is 29.3 Å². The second-order valence-electron chi connectivity index (χ2n) is 3.31. The minimum absolute atomic E-state index is 0.173. The molecule has 0 radical (unpaired) electrons. The number of aryl methyl sites for hydroxylation is 1. The monoisotopic (exact) mass is 180 g/mol.